The van der Waals surface area contributed by atoms with Crippen LogP contribution in [-0.2, 0) is 4.79 Å². The lowest BCUT2D eigenvalue weighted by Gasteiger charge is -2.14. The third-order valence-electron chi connectivity index (χ3n) is 4.49. The van der Waals surface area contributed by atoms with E-state index in [0.29, 0.717) is 5.92 Å². The van der Waals surface area contributed by atoms with Crippen molar-refractivity contribution in [1.29, 1.82) is 0 Å². The number of hydrogen-bond acceptors (Lipinski definition) is 1. The van der Waals surface area contributed by atoms with Crippen LogP contribution in [0.15, 0.2) is 23.8 Å². The lowest BCUT2D eigenvalue weighted by molar-refractivity contribution is -0.139. The van der Waals surface area contributed by atoms with Gasteiger partial charge in [-0.1, -0.05) is 37.6 Å². The average molecular weight is 220 g/mol. The van der Waals surface area contributed by atoms with Crippen molar-refractivity contribution in [3.63, 3.8) is 0 Å². The number of rotatable bonds is 4. The first-order valence-corrected chi connectivity index (χ1v) is 6.25. The fraction of sp³-hybridized carbons (Fsp3) is 0.643. The highest BCUT2D eigenvalue weighted by Crippen LogP contribution is 2.67. The van der Waals surface area contributed by atoms with Crippen LogP contribution >= 0.6 is 0 Å². The first-order valence-electron chi connectivity index (χ1n) is 6.25. The molecule has 2 atom stereocenters. The lowest BCUT2D eigenvalue weighted by atomic mass is 9.90. The molecule has 0 amide bonds. The quantitative estimate of drug-likeness (QED) is 0.788. The molecule has 1 N–H and O–H groups in total. The summed E-state index contributed by atoms with van der Waals surface area (Å²) in [6.07, 6.45) is 10.4. The largest absolute Gasteiger partial charge is 0.481 e. The van der Waals surface area contributed by atoms with E-state index in [2.05, 4.69) is 32.1 Å². The third kappa shape index (κ3) is 1.51. The fourth-order valence-electron chi connectivity index (χ4n) is 3.47. The minimum Gasteiger partial charge on any atom is -0.481 e. The van der Waals surface area contributed by atoms with Gasteiger partial charge in [-0.3, -0.25) is 4.79 Å². The highest BCUT2D eigenvalue weighted by atomic mass is 16.4. The summed E-state index contributed by atoms with van der Waals surface area (Å²) in [7, 11) is 0. The molecule has 0 radical (unpaired) electrons. The molecule has 0 aromatic rings. The van der Waals surface area contributed by atoms with E-state index in [1.165, 1.54) is 5.57 Å². The second-order valence-corrected chi connectivity index (χ2v) is 4.94. The summed E-state index contributed by atoms with van der Waals surface area (Å²) >= 11 is 0. The number of carboxylic acid groups (broad SMARTS) is 1. The normalized spacial score (nSPS) is 31.0. The van der Waals surface area contributed by atoms with Gasteiger partial charge in [0.05, 0.1) is 5.92 Å². The maximum absolute atomic E-state index is 11.3. The van der Waals surface area contributed by atoms with Gasteiger partial charge in [-0.25, -0.2) is 0 Å². The van der Waals surface area contributed by atoms with Crippen molar-refractivity contribution in [3.05, 3.63) is 23.8 Å². The molecule has 0 spiro atoms. The Labute approximate surface area is 97.0 Å². The van der Waals surface area contributed by atoms with E-state index in [1.807, 2.05) is 0 Å². The summed E-state index contributed by atoms with van der Waals surface area (Å²) < 4.78 is 0. The maximum atomic E-state index is 11.3. The number of allylic oxidation sites excluding steroid dienone is 4. The van der Waals surface area contributed by atoms with Crippen molar-refractivity contribution in [2.75, 3.05) is 0 Å². The molecule has 2 nitrogen and oxygen atoms in total. The first kappa shape index (κ1) is 11.4. The molecule has 1 fully saturated rings. The highest BCUT2D eigenvalue weighted by molar-refractivity contribution is 5.77. The molecule has 1 saturated carbocycles. The molecule has 0 saturated heterocycles. The Bertz CT molecular complexity index is 348. The molecule has 2 aliphatic carbocycles. The van der Waals surface area contributed by atoms with Gasteiger partial charge in [0.15, 0.2) is 0 Å². The van der Waals surface area contributed by atoms with E-state index < -0.39 is 5.97 Å². The predicted octanol–water partition coefficient (Wildman–Crippen LogP) is 3.40. The Morgan fingerprint density at radius 3 is 2.56 bits per heavy atom. The van der Waals surface area contributed by atoms with E-state index in [4.69, 9.17) is 0 Å². The monoisotopic (exact) mass is 220 g/mol. The van der Waals surface area contributed by atoms with Crippen LogP contribution in [0.4, 0.5) is 0 Å². The van der Waals surface area contributed by atoms with Gasteiger partial charge in [-0.05, 0) is 31.1 Å². The van der Waals surface area contributed by atoms with E-state index in [9.17, 15) is 9.90 Å². The minimum absolute atomic E-state index is 0.0445. The second kappa shape index (κ2) is 4.08. The zero-order valence-corrected chi connectivity index (χ0v) is 10.1. The summed E-state index contributed by atoms with van der Waals surface area (Å²) in [4.78, 5) is 11.3. The van der Waals surface area contributed by atoms with Crippen LogP contribution in [0, 0.1) is 17.3 Å². The Kier molecular flexibility index (Phi) is 2.92. The van der Waals surface area contributed by atoms with E-state index in [1.54, 1.807) is 0 Å². The minimum atomic E-state index is -0.607. The Morgan fingerprint density at radius 1 is 1.50 bits per heavy atom. The maximum Gasteiger partial charge on any atom is 0.307 e. The predicted molar refractivity (Wildman–Crippen MR) is 64.1 cm³/mol. The van der Waals surface area contributed by atoms with Gasteiger partial charge in [-0.2, -0.15) is 0 Å². The summed E-state index contributed by atoms with van der Waals surface area (Å²) in [6, 6.07) is 0. The summed E-state index contributed by atoms with van der Waals surface area (Å²) in [5.41, 5.74) is 1.40. The SMILES string of the molecule is CCC1(CC)C(C(=O)O)C1C1=CC=CCC1. The standard InChI is InChI=1S/C14H20O2/c1-3-14(4-2)11(12(14)13(15)16)10-8-6-5-7-9-10/h5-6,8,11-12H,3-4,7,9H2,1-2H3,(H,15,16). The number of hydrogen-bond donors (Lipinski definition) is 1. The first-order chi connectivity index (χ1) is 7.67. The van der Waals surface area contributed by atoms with Crippen LogP contribution < -0.4 is 0 Å². The molecule has 88 valence electrons. The van der Waals surface area contributed by atoms with Gasteiger partial charge in [-0.15, -0.1) is 0 Å². The zero-order chi connectivity index (χ0) is 11.8. The Morgan fingerprint density at radius 2 is 2.19 bits per heavy atom. The molecule has 0 bridgehead atoms. The topological polar surface area (TPSA) is 37.3 Å². The summed E-state index contributed by atoms with van der Waals surface area (Å²) in [5.74, 6) is -0.450. The van der Waals surface area contributed by atoms with Gasteiger partial charge >= 0.3 is 5.97 Å². The van der Waals surface area contributed by atoms with Crippen molar-refractivity contribution in [2.24, 2.45) is 17.3 Å². The van der Waals surface area contributed by atoms with Crippen LogP contribution in [0.2, 0.25) is 0 Å². The van der Waals surface area contributed by atoms with Gasteiger partial charge in [0.1, 0.15) is 0 Å². The summed E-state index contributed by atoms with van der Waals surface area (Å²) in [5, 5.41) is 9.31. The van der Waals surface area contributed by atoms with Gasteiger partial charge in [0.2, 0.25) is 0 Å². The van der Waals surface area contributed by atoms with Gasteiger partial charge in [0, 0.05) is 5.92 Å². The molecule has 0 heterocycles. The van der Waals surface area contributed by atoms with E-state index in [0.717, 1.165) is 25.7 Å². The van der Waals surface area contributed by atoms with Crippen molar-refractivity contribution < 1.29 is 9.90 Å². The van der Waals surface area contributed by atoms with Crippen molar-refractivity contribution in [3.8, 4) is 0 Å². The van der Waals surface area contributed by atoms with Crippen LogP contribution in [0.3, 0.4) is 0 Å². The molecule has 2 unspecified atom stereocenters. The number of carboxylic acids is 1. The molecular formula is C14H20O2. The van der Waals surface area contributed by atoms with Crippen LogP contribution in [0.25, 0.3) is 0 Å². The zero-order valence-electron chi connectivity index (χ0n) is 10.1. The molecule has 0 aromatic carbocycles. The smallest absolute Gasteiger partial charge is 0.307 e. The molecule has 0 aliphatic heterocycles. The van der Waals surface area contributed by atoms with Crippen molar-refractivity contribution in [2.45, 2.75) is 39.5 Å². The second-order valence-electron chi connectivity index (χ2n) is 4.94. The van der Waals surface area contributed by atoms with Gasteiger partial charge in [0.25, 0.3) is 0 Å². The third-order valence-corrected chi connectivity index (χ3v) is 4.49. The summed E-state index contributed by atoms with van der Waals surface area (Å²) in [6.45, 7) is 4.25. The number of carbonyl (C=O) groups is 1. The van der Waals surface area contributed by atoms with E-state index >= 15 is 0 Å². The number of aliphatic carboxylic acids is 1. The lowest BCUT2D eigenvalue weighted by Crippen LogP contribution is -2.08. The van der Waals surface area contributed by atoms with Crippen molar-refractivity contribution >= 4 is 5.97 Å². The van der Waals surface area contributed by atoms with Crippen LogP contribution in [-0.4, -0.2) is 11.1 Å². The van der Waals surface area contributed by atoms with Crippen LogP contribution in [0.5, 0.6) is 0 Å². The van der Waals surface area contributed by atoms with Crippen molar-refractivity contribution in [1.82, 2.24) is 0 Å². The molecule has 0 aromatic heterocycles. The molecule has 2 rings (SSSR count). The average Bonchev–Trinajstić information content (AvgIpc) is 3.00. The Hall–Kier alpha value is -1.05. The molecule has 2 aliphatic rings. The molecule has 2 heteroatoms. The fourth-order valence-corrected chi connectivity index (χ4v) is 3.47. The van der Waals surface area contributed by atoms with Crippen LogP contribution in [0.1, 0.15) is 39.5 Å². The Balaban J connectivity index is 2.24. The highest BCUT2D eigenvalue weighted by Gasteiger charge is 2.66. The van der Waals surface area contributed by atoms with E-state index in [-0.39, 0.29) is 11.3 Å². The van der Waals surface area contributed by atoms with Gasteiger partial charge < -0.3 is 5.11 Å². The molecular weight excluding hydrogens is 200 g/mol. The molecule has 16 heavy (non-hydrogen) atoms.